The van der Waals surface area contributed by atoms with E-state index in [9.17, 15) is 9.90 Å². The molecule has 2 aromatic rings. The number of nitrogens with zero attached hydrogens (tertiary/aromatic N) is 2. The second-order valence-corrected chi connectivity index (χ2v) is 4.49. The zero-order valence-electron chi connectivity index (χ0n) is 11.7. The van der Waals surface area contributed by atoms with Crippen LogP contribution in [-0.4, -0.2) is 21.0 Å². The number of carbonyl (C=O) groups is 1. The van der Waals surface area contributed by atoms with E-state index in [2.05, 4.69) is 16.5 Å². The van der Waals surface area contributed by atoms with E-state index in [4.69, 9.17) is 4.74 Å². The predicted octanol–water partition coefficient (Wildman–Crippen LogP) is 2.68. The van der Waals surface area contributed by atoms with Gasteiger partial charge in [-0.2, -0.15) is 4.98 Å². The van der Waals surface area contributed by atoms with Crippen molar-refractivity contribution < 1.29 is 14.6 Å². The molecule has 0 aliphatic heterocycles. The van der Waals surface area contributed by atoms with E-state index >= 15 is 0 Å². The highest BCUT2D eigenvalue weighted by Crippen LogP contribution is 2.22. The summed E-state index contributed by atoms with van der Waals surface area (Å²) >= 11 is 0. The Balaban J connectivity index is 2.26. The first kappa shape index (κ1) is 14.9. The summed E-state index contributed by atoms with van der Waals surface area (Å²) in [5, 5.41) is 9.62. The van der Waals surface area contributed by atoms with Crippen LogP contribution >= 0.6 is 0 Å². The summed E-state index contributed by atoms with van der Waals surface area (Å²) in [7, 11) is 0. The van der Waals surface area contributed by atoms with Crippen LogP contribution in [0.5, 0.6) is 6.01 Å². The van der Waals surface area contributed by atoms with Crippen molar-refractivity contribution in [1.29, 1.82) is 0 Å². The zero-order valence-corrected chi connectivity index (χ0v) is 11.7. The molecule has 1 aromatic carbocycles. The first-order chi connectivity index (χ1) is 10.1. The Kier molecular flexibility index (Phi) is 4.79. The third-order valence-corrected chi connectivity index (χ3v) is 2.81. The molecule has 0 saturated carbocycles. The van der Waals surface area contributed by atoms with Crippen LogP contribution in [0, 0.1) is 0 Å². The van der Waals surface area contributed by atoms with E-state index in [-0.39, 0.29) is 12.4 Å². The quantitative estimate of drug-likeness (QED) is 0.675. The molecular weight excluding hydrogens is 268 g/mol. The molecule has 5 nitrogen and oxygen atoms in total. The molecule has 1 heterocycles. The van der Waals surface area contributed by atoms with Crippen LogP contribution < -0.4 is 4.74 Å². The number of esters is 1. The number of aromatic nitrogens is 2. The number of rotatable bonds is 5. The molecule has 2 rings (SSSR count). The molecule has 0 saturated heterocycles. The Bertz CT molecular complexity index is 653. The molecule has 1 N–H and O–H groups in total. The zero-order chi connectivity index (χ0) is 15.2. The fourth-order valence-electron chi connectivity index (χ4n) is 1.77. The maximum atomic E-state index is 11.4. The summed E-state index contributed by atoms with van der Waals surface area (Å²) in [6.07, 6.45) is 2.52. The highest BCUT2D eigenvalue weighted by atomic mass is 16.5. The van der Waals surface area contributed by atoms with Crippen molar-refractivity contribution in [3.05, 3.63) is 54.7 Å². The van der Waals surface area contributed by atoms with Crippen LogP contribution in [0.1, 0.15) is 25.0 Å². The summed E-state index contributed by atoms with van der Waals surface area (Å²) in [5.74, 6) is -0.458. The molecule has 108 valence electrons. The van der Waals surface area contributed by atoms with Gasteiger partial charge in [0.05, 0.1) is 18.2 Å². The third kappa shape index (κ3) is 3.97. The Hall–Kier alpha value is -2.53. The average Bonchev–Trinajstić information content (AvgIpc) is 2.48. The van der Waals surface area contributed by atoms with Crippen LogP contribution in [0.25, 0.3) is 11.3 Å². The smallest absolute Gasteiger partial charge is 0.324 e. The average molecular weight is 284 g/mol. The number of hydrogen-bond donors (Lipinski definition) is 1. The van der Waals surface area contributed by atoms with Gasteiger partial charge in [0.15, 0.2) is 0 Å². The van der Waals surface area contributed by atoms with Gasteiger partial charge in [0, 0.05) is 11.8 Å². The second-order valence-electron chi connectivity index (χ2n) is 4.49. The minimum atomic E-state index is -0.559. The first-order valence-corrected chi connectivity index (χ1v) is 6.53. The van der Waals surface area contributed by atoms with Gasteiger partial charge < -0.3 is 9.84 Å². The first-order valence-electron chi connectivity index (χ1n) is 6.53. The van der Waals surface area contributed by atoms with E-state index in [0.29, 0.717) is 5.69 Å². The van der Waals surface area contributed by atoms with Gasteiger partial charge in [0.1, 0.15) is 0 Å². The molecule has 0 amide bonds. The molecule has 0 spiro atoms. The number of carbonyl (C=O) groups excluding carboxylic acids is 1. The molecule has 0 fully saturated rings. The minimum absolute atomic E-state index is 0.00167. The van der Waals surface area contributed by atoms with Crippen LogP contribution in [0.15, 0.2) is 49.2 Å². The number of aliphatic hydroxyl groups is 1. The van der Waals surface area contributed by atoms with Gasteiger partial charge in [-0.15, -0.1) is 6.58 Å². The highest BCUT2D eigenvalue weighted by Gasteiger charge is 2.09. The molecular formula is C16H16N2O3. The number of hydrogen-bond acceptors (Lipinski definition) is 5. The molecule has 21 heavy (non-hydrogen) atoms. The Morgan fingerprint density at radius 1 is 1.48 bits per heavy atom. The van der Waals surface area contributed by atoms with E-state index < -0.39 is 12.1 Å². The van der Waals surface area contributed by atoms with Crippen molar-refractivity contribution in [3.63, 3.8) is 0 Å². The van der Waals surface area contributed by atoms with Crippen LogP contribution in [-0.2, 0) is 4.79 Å². The van der Waals surface area contributed by atoms with Gasteiger partial charge in [-0.1, -0.05) is 24.3 Å². The monoisotopic (exact) mass is 284 g/mol. The molecule has 1 unspecified atom stereocenters. The van der Waals surface area contributed by atoms with Gasteiger partial charge in [0.2, 0.25) is 0 Å². The predicted molar refractivity (Wildman–Crippen MR) is 78.6 cm³/mol. The SMILES string of the molecule is C=CCC(=O)Oc1nccc(-c2cccc(C(C)O)c2)n1. The molecule has 0 aliphatic carbocycles. The molecule has 0 aliphatic rings. The van der Waals surface area contributed by atoms with Crippen LogP contribution in [0.2, 0.25) is 0 Å². The summed E-state index contributed by atoms with van der Waals surface area (Å²) in [4.78, 5) is 19.5. The van der Waals surface area contributed by atoms with Crippen LogP contribution in [0.4, 0.5) is 0 Å². The lowest BCUT2D eigenvalue weighted by Crippen LogP contribution is -2.08. The topological polar surface area (TPSA) is 72.3 Å². The van der Waals surface area contributed by atoms with Crippen molar-refractivity contribution in [1.82, 2.24) is 9.97 Å². The van der Waals surface area contributed by atoms with E-state index in [0.717, 1.165) is 11.1 Å². The maximum Gasteiger partial charge on any atom is 0.324 e. The lowest BCUT2D eigenvalue weighted by molar-refractivity contribution is -0.133. The number of aliphatic hydroxyl groups excluding tert-OH is 1. The normalized spacial score (nSPS) is 11.7. The van der Waals surface area contributed by atoms with Gasteiger partial charge in [0.25, 0.3) is 0 Å². The van der Waals surface area contributed by atoms with Gasteiger partial charge >= 0.3 is 12.0 Å². The number of benzene rings is 1. The molecule has 0 bridgehead atoms. The van der Waals surface area contributed by atoms with E-state index in [1.165, 1.54) is 12.3 Å². The third-order valence-electron chi connectivity index (χ3n) is 2.81. The standard InChI is InChI=1S/C16H16N2O3/c1-3-5-15(20)21-16-17-9-8-14(18-16)13-7-4-6-12(10-13)11(2)19/h3-4,6-11,19H,1,5H2,2H3. The van der Waals surface area contributed by atoms with Gasteiger partial charge in [-0.05, 0) is 24.6 Å². The fourth-order valence-corrected chi connectivity index (χ4v) is 1.77. The molecule has 1 atom stereocenters. The van der Waals surface area contributed by atoms with E-state index in [1.807, 2.05) is 24.3 Å². The van der Waals surface area contributed by atoms with Crippen molar-refractivity contribution in [2.45, 2.75) is 19.4 Å². The summed E-state index contributed by atoms with van der Waals surface area (Å²) in [5.41, 5.74) is 2.22. The summed E-state index contributed by atoms with van der Waals surface area (Å²) in [6, 6.07) is 9.09. The fraction of sp³-hybridized carbons (Fsp3) is 0.188. The Labute approximate surface area is 122 Å². The van der Waals surface area contributed by atoms with Crippen molar-refractivity contribution in [2.24, 2.45) is 0 Å². The summed E-state index contributed by atoms with van der Waals surface area (Å²) < 4.78 is 5.01. The van der Waals surface area contributed by atoms with Crippen molar-refractivity contribution >= 4 is 5.97 Å². The molecule has 1 aromatic heterocycles. The van der Waals surface area contributed by atoms with E-state index in [1.54, 1.807) is 13.0 Å². The molecule has 5 heteroatoms. The number of ether oxygens (including phenoxy) is 1. The maximum absolute atomic E-state index is 11.4. The van der Waals surface area contributed by atoms with Crippen molar-refractivity contribution in [2.75, 3.05) is 0 Å². The second kappa shape index (κ2) is 6.76. The van der Waals surface area contributed by atoms with Gasteiger partial charge in [-0.25, -0.2) is 4.98 Å². The lowest BCUT2D eigenvalue weighted by Gasteiger charge is -2.08. The summed E-state index contributed by atoms with van der Waals surface area (Å²) in [6.45, 7) is 5.16. The highest BCUT2D eigenvalue weighted by molar-refractivity contribution is 5.73. The Morgan fingerprint density at radius 3 is 3.00 bits per heavy atom. The van der Waals surface area contributed by atoms with Crippen molar-refractivity contribution in [3.8, 4) is 17.3 Å². The van der Waals surface area contributed by atoms with Crippen LogP contribution in [0.3, 0.4) is 0 Å². The lowest BCUT2D eigenvalue weighted by atomic mass is 10.1. The minimum Gasteiger partial charge on any atom is -0.391 e. The Morgan fingerprint density at radius 2 is 2.29 bits per heavy atom. The van der Waals surface area contributed by atoms with Gasteiger partial charge in [-0.3, -0.25) is 4.79 Å². The largest absolute Gasteiger partial charge is 0.391 e. The molecule has 0 radical (unpaired) electrons.